The van der Waals surface area contributed by atoms with E-state index in [1.165, 1.54) is 13.0 Å². The van der Waals surface area contributed by atoms with E-state index in [0.717, 1.165) is 12.0 Å². The average molecular weight is 141 g/mol. The van der Waals surface area contributed by atoms with E-state index in [2.05, 4.69) is 33.0 Å². The standard InChI is InChI=1S/C9H19N/c1-7-5-8(10-6-7)9(2,3)4/h7-8,10H,5-6H2,1-4H3. The third kappa shape index (κ3) is 1.72. The highest BCUT2D eigenvalue weighted by Crippen LogP contribution is 2.28. The lowest BCUT2D eigenvalue weighted by Crippen LogP contribution is -2.34. The first-order valence-corrected chi connectivity index (χ1v) is 4.23. The Kier molecular flexibility index (Phi) is 2.04. The molecule has 1 fully saturated rings. The van der Waals surface area contributed by atoms with Gasteiger partial charge < -0.3 is 5.32 Å². The van der Waals surface area contributed by atoms with Crippen LogP contribution < -0.4 is 5.32 Å². The molecule has 0 amide bonds. The molecule has 0 aliphatic carbocycles. The molecule has 2 atom stereocenters. The second-order valence-electron chi connectivity index (χ2n) is 4.67. The van der Waals surface area contributed by atoms with Crippen LogP contribution in [-0.4, -0.2) is 12.6 Å². The van der Waals surface area contributed by atoms with Gasteiger partial charge in [-0.2, -0.15) is 0 Å². The van der Waals surface area contributed by atoms with Crippen molar-refractivity contribution >= 4 is 0 Å². The van der Waals surface area contributed by atoms with Gasteiger partial charge >= 0.3 is 0 Å². The molecule has 60 valence electrons. The van der Waals surface area contributed by atoms with E-state index in [-0.39, 0.29) is 0 Å². The fraction of sp³-hybridized carbons (Fsp3) is 1.00. The zero-order valence-electron chi connectivity index (χ0n) is 7.57. The molecule has 1 N–H and O–H groups in total. The molecule has 0 saturated carbocycles. The van der Waals surface area contributed by atoms with Crippen molar-refractivity contribution in [3.63, 3.8) is 0 Å². The summed E-state index contributed by atoms with van der Waals surface area (Å²) in [7, 11) is 0. The van der Waals surface area contributed by atoms with Gasteiger partial charge in [-0.3, -0.25) is 0 Å². The van der Waals surface area contributed by atoms with Crippen LogP contribution in [0.3, 0.4) is 0 Å². The van der Waals surface area contributed by atoms with Crippen LogP contribution in [0.5, 0.6) is 0 Å². The molecule has 1 heterocycles. The van der Waals surface area contributed by atoms with Gasteiger partial charge in [0.25, 0.3) is 0 Å². The quantitative estimate of drug-likeness (QED) is 0.544. The maximum absolute atomic E-state index is 3.55. The molecule has 1 rings (SSSR count). The zero-order valence-corrected chi connectivity index (χ0v) is 7.57. The lowest BCUT2D eigenvalue weighted by molar-refractivity contribution is 0.291. The van der Waals surface area contributed by atoms with E-state index in [1.807, 2.05) is 0 Å². The predicted octanol–water partition coefficient (Wildman–Crippen LogP) is 2.03. The summed E-state index contributed by atoms with van der Waals surface area (Å²) in [5.41, 5.74) is 0.449. The first-order chi connectivity index (χ1) is 4.50. The fourth-order valence-corrected chi connectivity index (χ4v) is 1.57. The van der Waals surface area contributed by atoms with Crippen LogP contribution in [0.15, 0.2) is 0 Å². The molecule has 0 spiro atoms. The molecule has 10 heavy (non-hydrogen) atoms. The second kappa shape index (κ2) is 2.54. The molecule has 1 saturated heterocycles. The number of nitrogens with one attached hydrogen (secondary N) is 1. The highest BCUT2D eigenvalue weighted by Gasteiger charge is 2.30. The van der Waals surface area contributed by atoms with Gasteiger partial charge in [0.1, 0.15) is 0 Å². The normalized spacial score (nSPS) is 34.8. The third-order valence-corrected chi connectivity index (χ3v) is 2.40. The van der Waals surface area contributed by atoms with Gasteiger partial charge in [-0.05, 0) is 24.3 Å². The van der Waals surface area contributed by atoms with Gasteiger partial charge in [0.05, 0.1) is 0 Å². The number of hydrogen-bond acceptors (Lipinski definition) is 1. The van der Waals surface area contributed by atoms with Gasteiger partial charge in [-0.15, -0.1) is 0 Å². The van der Waals surface area contributed by atoms with Crippen molar-refractivity contribution in [2.45, 2.75) is 40.2 Å². The highest BCUT2D eigenvalue weighted by atomic mass is 15.0. The SMILES string of the molecule is CC1CNC(C(C)(C)C)C1. The van der Waals surface area contributed by atoms with Crippen LogP contribution in [-0.2, 0) is 0 Å². The monoisotopic (exact) mass is 141 g/mol. The van der Waals surface area contributed by atoms with Crippen molar-refractivity contribution in [1.82, 2.24) is 5.32 Å². The molecule has 0 radical (unpaired) electrons. The molecule has 2 unspecified atom stereocenters. The molecule has 0 aromatic carbocycles. The summed E-state index contributed by atoms with van der Waals surface area (Å²) in [5.74, 6) is 0.879. The van der Waals surface area contributed by atoms with Gasteiger partial charge in [0.15, 0.2) is 0 Å². The molecule has 1 aliphatic rings. The van der Waals surface area contributed by atoms with Gasteiger partial charge in [-0.25, -0.2) is 0 Å². The Labute approximate surface area is 64.2 Å². The average Bonchev–Trinajstić information content (AvgIpc) is 2.11. The Morgan fingerprint density at radius 3 is 2.10 bits per heavy atom. The first-order valence-electron chi connectivity index (χ1n) is 4.23. The van der Waals surface area contributed by atoms with Gasteiger partial charge in [0.2, 0.25) is 0 Å². The van der Waals surface area contributed by atoms with Crippen molar-refractivity contribution in [2.75, 3.05) is 6.54 Å². The van der Waals surface area contributed by atoms with E-state index in [1.54, 1.807) is 0 Å². The lowest BCUT2D eigenvalue weighted by atomic mass is 9.85. The summed E-state index contributed by atoms with van der Waals surface area (Å²) < 4.78 is 0. The molecule has 1 heteroatoms. The zero-order chi connectivity index (χ0) is 7.78. The van der Waals surface area contributed by atoms with Crippen molar-refractivity contribution in [3.05, 3.63) is 0 Å². The molecular weight excluding hydrogens is 122 g/mol. The Balaban J connectivity index is 2.45. The summed E-state index contributed by atoms with van der Waals surface area (Å²) in [6.45, 7) is 10.5. The topological polar surface area (TPSA) is 12.0 Å². The van der Waals surface area contributed by atoms with E-state index < -0.39 is 0 Å². The van der Waals surface area contributed by atoms with Gasteiger partial charge in [0, 0.05) is 6.04 Å². The highest BCUT2D eigenvalue weighted by molar-refractivity contribution is 4.87. The third-order valence-electron chi connectivity index (χ3n) is 2.40. The maximum atomic E-state index is 3.55. The number of hydrogen-bond donors (Lipinski definition) is 1. The van der Waals surface area contributed by atoms with E-state index >= 15 is 0 Å². The van der Waals surface area contributed by atoms with Crippen LogP contribution in [0.4, 0.5) is 0 Å². The second-order valence-corrected chi connectivity index (χ2v) is 4.67. The minimum Gasteiger partial charge on any atom is -0.313 e. The van der Waals surface area contributed by atoms with Crippen molar-refractivity contribution < 1.29 is 0 Å². The Morgan fingerprint density at radius 2 is 1.90 bits per heavy atom. The minimum absolute atomic E-state index is 0.449. The fourth-order valence-electron chi connectivity index (χ4n) is 1.57. The maximum Gasteiger partial charge on any atom is 0.0119 e. The molecule has 1 aliphatic heterocycles. The van der Waals surface area contributed by atoms with Crippen LogP contribution in [0.2, 0.25) is 0 Å². The summed E-state index contributed by atoms with van der Waals surface area (Å²) in [6.07, 6.45) is 1.35. The van der Waals surface area contributed by atoms with Crippen LogP contribution in [0.1, 0.15) is 34.1 Å². The molecule has 1 nitrogen and oxygen atoms in total. The smallest absolute Gasteiger partial charge is 0.0119 e. The van der Waals surface area contributed by atoms with Crippen LogP contribution >= 0.6 is 0 Å². The molecular formula is C9H19N. The van der Waals surface area contributed by atoms with Crippen molar-refractivity contribution in [3.8, 4) is 0 Å². The Hall–Kier alpha value is -0.0400. The minimum atomic E-state index is 0.449. The van der Waals surface area contributed by atoms with E-state index in [0.29, 0.717) is 5.41 Å². The van der Waals surface area contributed by atoms with Crippen LogP contribution in [0.25, 0.3) is 0 Å². The summed E-state index contributed by atoms with van der Waals surface area (Å²) in [6, 6.07) is 0.738. The molecule has 0 bridgehead atoms. The Bertz CT molecular complexity index is 112. The summed E-state index contributed by atoms with van der Waals surface area (Å²) in [5, 5.41) is 3.55. The number of rotatable bonds is 0. The van der Waals surface area contributed by atoms with E-state index in [4.69, 9.17) is 0 Å². The molecule has 0 aromatic heterocycles. The van der Waals surface area contributed by atoms with Gasteiger partial charge in [-0.1, -0.05) is 27.7 Å². The first kappa shape index (κ1) is 8.06. The molecule has 0 aromatic rings. The summed E-state index contributed by atoms with van der Waals surface area (Å²) >= 11 is 0. The van der Waals surface area contributed by atoms with E-state index in [9.17, 15) is 0 Å². The van der Waals surface area contributed by atoms with Crippen molar-refractivity contribution in [2.24, 2.45) is 11.3 Å². The Morgan fingerprint density at radius 1 is 1.30 bits per heavy atom. The largest absolute Gasteiger partial charge is 0.313 e. The predicted molar refractivity (Wildman–Crippen MR) is 45.0 cm³/mol. The van der Waals surface area contributed by atoms with Crippen molar-refractivity contribution in [1.29, 1.82) is 0 Å². The summed E-state index contributed by atoms with van der Waals surface area (Å²) in [4.78, 5) is 0. The van der Waals surface area contributed by atoms with Crippen LogP contribution in [0, 0.1) is 11.3 Å². The lowest BCUT2D eigenvalue weighted by Gasteiger charge is -2.26.